The van der Waals surface area contributed by atoms with Crippen molar-refractivity contribution in [2.75, 3.05) is 19.7 Å². The van der Waals surface area contributed by atoms with E-state index in [-0.39, 0.29) is 19.0 Å². The first-order valence-electron chi connectivity index (χ1n) is 8.56. The highest BCUT2D eigenvalue weighted by Gasteiger charge is 2.44. The minimum absolute atomic E-state index is 0.0961. The van der Waals surface area contributed by atoms with Gasteiger partial charge in [0.25, 0.3) is 5.91 Å². The normalized spacial score (nSPS) is 17.8. The molecular weight excluding hydrogens is 362 g/mol. The SMILES string of the molecule is Cc1ccc(Cc2ccccc2C(=O)N2CCO[C@H](C(F)(F)F)C2)cc1F. The van der Waals surface area contributed by atoms with Gasteiger partial charge < -0.3 is 9.64 Å². The quantitative estimate of drug-likeness (QED) is 0.749. The fourth-order valence-electron chi connectivity index (χ4n) is 3.05. The second-order valence-corrected chi connectivity index (χ2v) is 6.57. The standard InChI is InChI=1S/C20H19F4NO2/c1-13-6-7-14(11-17(13)21)10-15-4-2-3-5-16(15)19(26)25-8-9-27-18(12-25)20(22,23)24/h2-7,11,18H,8-10,12H2,1H3/t18-/m0/s1. The van der Waals surface area contributed by atoms with Gasteiger partial charge in [0.05, 0.1) is 13.2 Å². The predicted octanol–water partition coefficient (Wildman–Crippen LogP) is 4.13. The molecule has 0 N–H and O–H groups in total. The lowest BCUT2D eigenvalue weighted by molar-refractivity contribution is -0.233. The van der Waals surface area contributed by atoms with E-state index in [1.54, 1.807) is 43.3 Å². The first-order chi connectivity index (χ1) is 12.8. The van der Waals surface area contributed by atoms with Crippen LogP contribution in [0.2, 0.25) is 0 Å². The molecule has 1 aliphatic heterocycles. The number of benzene rings is 2. The predicted molar refractivity (Wildman–Crippen MR) is 92.1 cm³/mol. The van der Waals surface area contributed by atoms with E-state index in [4.69, 9.17) is 4.74 Å². The van der Waals surface area contributed by atoms with Crippen molar-refractivity contribution in [1.29, 1.82) is 0 Å². The molecule has 7 heteroatoms. The summed E-state index contributed by atoms with van der Waals surface area (Å²) >= 11 is 0. The van der Waals surface area contributed by atoms with Crippen LogP contribution in [0.1, 0.15) is 27.0 Å². The molecular formula is C20H19F4NO2. The molecule has 144 valence electrons. The fourth-order valence-corrected chi connectivity index (χ4v) is 3.05. The Morgan fingerprint density at radius 2 is 1.96 bits per heavy atom. The lowest BCUT2D eigenvalue weighted by atomic mass is 9.98. The van der Waals surface area contributed by atoms with E-state index in [0.29, 0.717) is 28.7 Å². The first kappa shape index (κ1) is 19.4. The van der Waals surface area contributed by atoms with Gasteiger partial charge in [0.2, 0.25) is 0 Å². The highest BCUT2D eigenvalue weighted by Crippen LogP contribution is 2.27. The smallest absolute Gasteiger partial charge is 0.365 e. The summed E-state index contributed by atoms with van der Waals surface area (Å²) in [7, 11) is 0. The molecule has 0 radical (unpaired) electrons. The highest BCUT2D eigenvalue weighted by atomic mass is 19.4. The van der Waals surface area contributed by atoms with Crippen LogP contribution in [0.25, 0.3) is 0 Å². The third-order valence-electron chi connectivity index (χ3n) is 4.60. The molecule has 0 aromatic heterocycles. The zero-order valence-electron chi connectivity index (χ0n) is 14.7. The van der Waals surface area contributed by atoms with Gasteiger partial charge in [-0.3, -0.25) is 4.79 Å². The number of hydrogen-bond donors (Lipinski definition) is 0. The van der Waals surface area contributed by atoms with Crippen LogP contribution < -0.4 is 0 Å². The summed E-state index contributed by atoms with van der Waals surface area (Å²) in [5, 5.41) is 0. The number of morpholine rings is 1. The molecule has 0 saturated carbocycles. The number of carbonyl (C=O) groups excluding carboxylic acids is 1. The molecule has 0 aliphatic carbocycles. The second-order valence-electron chi connectivity index (χ2n) is 6.57. The van der Waals surface area contributed by atoms with Gasteiger partial charge in [0, 0.05) is 12.1 Å². The molecule has 2 aromatic rings. The Bertz CT molecular complexity index is 835. The summed E-state index contributed by atoms with van der Waals surface area (Å²) < 4.78 is 57.3. The van der Waals surface area contributed by atoms with Crippen molar-refractivity contribution < 1.29 is 27.1 Å². The van der Waals surface area contributed by atoms with Crippen molar-refractivity contribution in [1.82, 2.24) is 4.90 Å². The molecule has 1 atom stereocenters. The number of hydrogen-bond acceptors (Lipinski definition) is 2. The fraction of sp³-hybridized carbons (Fsp3) is 0.350. The number of rotatable bonds is 3. The Kier molecular flexibility index (Phi) is 5.51. The van der Waals surface area contributed by atoms with Crippen LogP contribution in [-0.2, 0) is 11.2 Å². The maximum atomic E-state index is 13.8. The largest absolute Gasteiger partial charge is 0.416 e. The van der Waals surface area contributed by atoms with Gasteiger partial charge in [-0.15, -0.1) is 0 Å². The van der Waals surface area contributed by atoms with Gasteiger partial charge in [0.15, 0.2) is 6.10 Å². The zero-order chi connectivity index (χ0) is 19.6. The second kappa shape index (κ2) is 7.68. The Hall–Kier alpha value is -2.41. The minimum Gasteiger partial charge on any atom is -0.365 e. The molecule has 2 aromatic carbocycles. The summed E-state index contributed by atoms with van der Waals surface area (Å²) in [6.07, 6.45) is -6.18. The number of aryl methyl sites for hydroxylation is 1. The third-order valence-corrected chi connectivity index (χ3v) is 4.60. The number of amides is 1. The molecule has 0 unspecified atom stereocenters. The van der Waals surface area contributed by atoms with E-state index in [0.717, 1.165) is 4.90 Å². The Morgan fingerprint density at radius 3 is 2.67 bits per heavy atom. The van der Waals surface area contributed by atoms with Gasteiger partial charge in [-0.2, -0.15) is 13.2 Å². The van der Waals surface area contributed by atoms with E-state index >= 15 is 0 Å². The van der Waals surface area contributed by atoms with Crippen LogP contribution in [0.3, 0.4) is 0 Å². The number of alkyl halides is 3. The molecule has 3 rings (SSSR count). The molecule has 3 nitrogen and oxygen atoms in total. The minimum atomic E-state index is -4.52. The average molecular weight is 381 g/mol. The number of carbonyl (C=O) groups is 1. The van der Waals surface area contributed by atoms with Crippen LogP contribution >= 0.6 is 0 Å². The summed E-state index contributed by atoms with van der Waals surface area (Å²) in [5.41, 5.74) is 2.17. The van der Waals surface area contributed by atoms with Gasteiger partial charge >= 0.3 is 6.18 Å². The average Bonchev–Trinajstić information content (AvgIpc) is 2.64. The Morgan fingerprint density at radius 1 is 1.22 bits per heavy atom. The maximum absolute atomic E-state index is 13.8. The lowest BCUT2D eigenvalue weighted by Crippen LogP contribution is -2.51. The highest BCUT2D eigenvalue weighted by molar-refractivity contribution is 5.96. The van der Waals surface area contributed by atoms with Crippen LogP contribution in [0.5, 0.6) is 0 Å². The monoisotopic (exact) mass is 381 g/mol. The van der Waals surface area contributed by atoms with E-state index in [1.165, 1.54) is 6.07 Å². The van der Waals surface area contributed by atoms with Crippen molar-refractivity contribution in [3.05, 3.63) is 70.5 Å². The zero-order valence-corrected chi connectivity index (χ0v) is 14.7. The molecule has 27 heavy (non-hydrogen) atoms. The Labute approximate surface area is 154 Å². The molecule has 0 spiro atoms. The van der Waals surface area contributed by atoms with Crippen molar-refractivity contribution >= 4 is 5.91 Å². The summed E-state index contributed by atoms with van der Waals surface area (Å²) in [5.74, 6) is -0.812. The van der Waals surface area contributed by atoms with Crippen LogP contribution in [-0.4, -0.2) is 42.8 Å². The molecule has 1 fully saturated rings. The Balaban J connectivity index is 1.82. The first-order valence-corrected chi connectivity index (χ1v) is 8.56. The van der Waals surface area contributed by atoms with Gasteiger partial charge in [0.1, 0.15) is 5.82 Å². The third kappa shape index (κ3) is 4.47. The molecule has 1 heterocycles. The summed E-state index contributed by atoms with van der Waals surface area (Å²) in [4.78, 5) is 14.0. The number of halogens is 4. The van der Waals surface area contributed by atoms with E-state index in [1.807, 2.05) is 0 Å². The van der Waals surface area contributed by atoms with Crippen LogP contribution in [0.4, 0.5) is 17.6 Å². The van der Waals surface area contributed by atoms with Crippen LogP contribution in [0.15, 0.2) is 42.5 Å². The number of nitrogens with zero attached hydrogens (tertiary/aromatic N) is 1. The summed E-state index contributed by atoms with van der Waals surface area (Å²) in [6.45, 7) is 1.06. The maximum Gasteiger partial charge on any atom is 0.416 e. The molecule has 1 amide bonds. The van der Waals surface area contributed by atoms with Gasteiger partial charge in [-0.25, -0.2) is 4.39 Å². The van der Waals surface area contributed by atoms with Gasteiger partial charge in [-0.05, 0) is 42.2 Å². The molecule has 0 bridgehead atoms. The molecule has 1 saturated heterocycles. The van der Waals surface area contributed by atoms with Gasteiger partial charge in [-0.1, -0.05) is 30.3 Å². The number of ether oxygens (including phenoxy) is 1. The van der Waals surface area contributed by atoms with Crippen molar-refractivity contribution in [3.8, 4) is 0 Å². The van der Waals surface area contributed by atoms with Crippen molar-refractivity contribution in [3.63, 3.8) is 0 Å². The van der Waals surface area contributed by atoms with E-state index in [9.17, 15) is 22.4 Å². The van der Waals surface area contributed by atoms with Crippen molar-refractivity contribution in [2.45, 2.75) is 25.6 Å². The van der Waals surface area contributed by atoms with Crippen molar-refractivity contribution in [2.24, 2.45) is 0 Å². The topological polar surface area (TPSA) is 29.5 Å². The molecule has 1 aliphatic rings. The summed E-state index contributed by atoms with van der Waals surface area (Å²) in [6, 6.07) is 11.6. The lowest BCUT2D eigenvalue weighted by Gasteiger charge is -2.34. The van der Waals surface area contributed by atoms with E-state index < -0.39 is 24.7 Å². The van der Waals surface area contributed by atoms with Crippen LogP contribution in [0, 0.1) is 12.7 Å². The van der Waals surface area contributed by atoms with E-state index in [2.05, 4.69) is 0 Å².